The third-order valence-electron chi connectivity index (χ3n) is 2.40. The van der Waals surface area contributed by atoms with Crippen LogP contribution in [0.1, 0.15) is 18.4 Å². The SMILES string of the molecule is COCCCC(=O)Nc1cccc(F)c1C(N)=NO. The van der Waals surface area contributed by atoms with Crippen LogP contribution in [0.2, 0.25) is 0 Å². The first-order valence-corrected chi connectivity index (χ1v) is 5.65. The van der Waals surface area contributed by atoms with Gasteiger partial charge in [-0.2, -0.15) is 0 Å². The normalized spacial score (nSPS) is 11.4. The van der Waals surface area contributed by atoms with Gasteiger partial charge >= 0.3 is 0 Å². The zero-order chi connectivity index (χ0) is 14.3. The summed E-state index contributed by atoms with van der Waals surface area (Å²) in [6.07, 6.45) is 0.788. The third kappa shape index (κ3) is 4.22. The first-order chi connectivity index (χ1) is 9.10. The summed E-state index contributed by atoms with van der Waals surface area (Å²) in [7, 11) is 1.54. The Morgan fingerprint density at radius 2 is 2.32 bits per heavy atom. The number of halogens is 1. The molecule has 0 heterocycles. The molecule has 0 bridgehead atoms. The maximum absolute atomic E-state index is 13.6. The zero-order valence-electron chi connectivity index (χ0n) is 10.5. The van der Waals surface area contributed by atoms with Crippen LogP contribution in [0.25, 0.3) is 0 Å². The van der Waals surface area contributed by atoms with Gasteiger partial charge in [0.1, 0.15) is 5.82 Å². The van der Waals surface area contributed by atoms with Crippen molar-refractivity contribution in [2.75, 3.05) is 19.0 Å². The lowest BCUT2D eigenvalue weighted by Gasteiger charge is -2.10. The minimum atomic E-state index is -0.676. The van der Waals surface area contributed by atoms with Crippen molar-refractivity contribution >= 4 is 17.4 Å². The van der Waals surface area contributed by atoms with E-state index in [4.69, 9.17) is 15.7 Å². The number of oxime groups is 1. The van der Waals surface area contributed by atoms with E-state index in [0.29, 0.717) is 13.0 Å². The van der Waals surface area contributed by atoms with Crippen molar-refractivity contribution in [1.29, 1.82) is 0 Å². The Hall–Kier alpha value is -2.15. The van der Waals surface area contributed by atoms with Crippen LogP contribution in [0.4, 0.5) is 10.1 Å². The molecule has 0 spiro atoms. The lowest BCUT2D eigenvalue weighted by Crippen LogP contribution is -2.20. The van der Waals surface area contributed by atoms with E-state index in [9.17, 15) is 9.18 Å². The molecule has 1 rings (SSSR count). The number of hydrogen-bond donors (Lipinski definition) is 3. The molecule has 1 amide bonds. The van der Waals surface area contributed by atoms with Crippen LogP contribution >= 0.6 is 0 Å². The fourth-order valence-corrected chi connectivity index (χ4v) is 1.53. The van der Waals surface area contributed by atoms with Gasteiger partial charge in [-0.1, -0.05) is 11.2 Å². The van der Waals surface area contributed by atoms with Crippen LogP contribution in [-0.2, 0) is 9.53 Å². The highest BCUT2D eigenvalue weighted by atomic mass is 19.1. The van der Waals surface area contributed by atoms with Gasteiger partial charge in [0, 0.05) is 20.1 Å². The highest BCUT2D eigenvalue weighted by molar-refractivity contribution is 6.05. The summed E-state index contributed by atoms with van der Waals surface area (Å²) < 4.78 is 18.4. The number of hydrogen-bond acceptors (Lipinski definition) is 4. The molecule has 1 aromatic carbocycles. The van der Waals surface area contributed by atoms with Crippen LogP contribution in [0.15, 0.2) is 23.4 Å². The molecular formula is C12H16FN3O3. The number of amides is 1. The quantitative estimate of drug-likeness (QED) is 0.238. The zero-order valence-corrected chi connectivity index (χ0v) is 10.5. The second-order valence-electron chi connectivity index (χ2n) is 3.79. The number of nitrogens with zero attached hydrogens (tertiary/aromatic N) is 1. The van der Waals surface area contributed by atoms with E-state index in [2.05, 4.69) is 10.5 Å². The van der Waals surface area contributed by atoms with Crippen LogP contribution in [-0.4, -0.2) is 30.7 Å². The van der Waals surface area contributed by atoms with Gasteiger partial charge in [0.2, 0.25) is 5.91 Å². The molecule has 0 unspecified atom stereocenters. The average molecular weight is 269 g/mol. The third-order valence-corrected chi connectivity index (χ3v) is 2.40. The van der Waals surface area contributed by atoms with Crippen molar-refractivity contribution in [3.63, 3.8) is 0 Å². The van der Waals surface area contributed by atoms with Crippen LogP contribution in [0.3, 0.4) is 0 Å². The Morgan fingerprint density at radius 3 is 2.95 bits per heavy atom. The van der Waals surface area contributed by atoms with E-state index in [1.54, 1.807) is 7.11 Å². The summed E-state index contributed by atoms with van der Waals surface area (Å²) in [5.41, 5.74) is 5.41. The molecule has 0 aromatic heterocycles. The van der Waals surface area contributed by atoms with Gasteiger partial charge in [0.05, 0.1) is 11.3 Å². The van der Waals surface area contributed by atoms with Gasteiger partial charge in [-0.3, -0.25) is 4.79 Å². The summed E-state index contributed by atoms with van der Waals surface area (Å²) in [5, 5.41) is 13.9. The van der Waals surface area contributed by atoms with Crippen molar-refractivity contribution in [2.24, 2.45) is 10.9 Å². The second kappa shape index (κ2) is 7.32. The first-order valence-electron chi connectivity index (χ1n) is 5.65. The molecule has 6 nitrogen and oxygen atoms in total. The molecule has 0 aliphatic rings. The maximum atomic E-state index is 13.6. The Labute approximate surface area is 110 Å². The maximum Gasteiger partial charge on any atom is 0.224 e. The van der Waals surface area contributed by atoms with E-state index in [-0.39, 0.29) is 23.6 Å². The Kier molecular flexibility index (Phi) is 5.74. The van der Waals surface area contributed by atoms with Crippen molar-refractivity contribution in [3.05, 3.63) is 29.6 Å². The average Bonchev–Trinajstić information content (AvgIpc) is 2.38. The Morgan fingerprint density at radius 1 is 1.58 bits per heavy atom. The van der Waals surface area contributed by atoms with Gasteiger partial charge in [-0.05, 0) is 18.6 Å². The molecule has 7 heteroatoms. The number of carbonyl (C=O) groups excluding carboxylic acids is 1. The fourth-order valence-electron chi connectivity index (χ4n) is 1.53. The number of carbonyl (C=O) groups is 1. The number of anilines is 1. The largest absolute Gasteiger partial charge is 0.409 e. The monoisotopic (exact) mass is 269 g/mol. The molecule has 0 radical (unpaired) electrons. The smallest absolute Gasteiger partial charge is 0.224 e. The molecule has 0 fully saturated rings. The van der Waals surface area contributed by atoms with Crippen LogP contribution in [0.5, 0.6) is 0 Å². The minimum absolute atomic E-state index is 0.134. The lowest BCUT2D eigenvalue weighted by atomic mass is 10.1. The highest BCUT2D eigenvalue weighted by Crippen LogP contribution is 2.19. The van der Waals surface area contributed by atoms with E-state index in [1.165, 1.54) is 12.1 Å². The number of benzene rings is 1. The number of nitrogens with one attached hydrogen (secondary N) is 1. The fraction of sp³-hybridized carbons (Fsp3) is 0.333. The number of rotatable bonds is 6. The molecule has 0 atom stereocenters. The highest BCUT2D eigenvalue weighted by Gasteiger charge is 2.14. The minimum Gasteiger partial charge on any atom is -0.409 e. The summed E-state index contributed by atoms with van der Waals surface area (Å²) in [4.78, 5) is 11.6. The topological polar surface area (TPSA) is 96.9 Å². The summed E-state index contributed by atoms with van der Waals surface area (Å²) >= 11 is 0. The van der Waals surface area contributed by atoms with Crippen molar-refractivity contribution < 1.29 is 19.1 Å². The van der Waals surface area contributed by atoms with E-state index in [1.807, 2.05) is 0 Å². The molecule has 104 valence electrons. The number of ether oxygens (including phenoxy) is 1. The molecule has 0 saturated heterocycles. The first kappa shape index (κ1) is 14.9. The molecule has 0 aliphatic heterocycles. The standard InChI is InChI=1S/C12H16FN3O3/c1-19-7-3-6-10(17)15-9-5-2-4-8(13)11(9)12(14)16-18/h2,4-5,18H,3,6-7H2,1H3,(H2,14,16)(H,15,17). The van der Waals surface area contributed by atoms with Crippen molar-refractivity contribution in [2.45, 2.75) is 12.8 Å². The van der Waals surface area contributed by atoms with Crippen molar-refractivity contribution in [3.8, 4) is 0 Å². The van der Waals surface area contributed by atoms with Gasteiger partial charge in [0.15, 0.2) is 5.84 Å². The van der Waals surface area contributed by atoms with Crippen LogP contribution < -0.4 is 11.1 Å². The molecule has 0 saturated carbocycles. The van der Waals surface area contributed by atoms with Gasteiger partial charge in [0.25, 0.3) is 0 Å². The second-order valence-corrected chi connectivity index (χ2v) is 3.79. The molecule has 4 N–H and O–H groups in total. The number of nitrogens with two attached hydrogens (primary N) is 1. The van der Waals surface area contributed by atoms with Gasteiger partial charge < -0.3 is 21.0 Å². The van der Waals surface area contributed by atoms with Crippen LogP contribution in [0, 0.1) is 5.82 Å². The Balaban J connectivity index is 2.83. The molecule has 1 aromatic rings. The molecule has 19 heavy (non-hydrogen) atoms. The van der Waals surface area contributed by atoms with E-state index >= 15 is 0 Å². The predicted molar refractivity (Wildman–Crippen MR) is 68.7 cm³/mol. The van der Waals surface area contributed by atoms with Crippen molar-refractivity contribution in [1.82, 2.24) is 0 Å². The molecular weight excluding hydrogens is 253 g/mol. The van der Waals surface area contributed by atoms with Gasteiger partial charge in [-0.25, -0.2) is 4.39 Å². The van der Waals surface area contributed by atoms with E-state index in [0.717, 1.165) is 6.07 Å². The van der Waals surface area contributed by atoms with Gasteiger partial charge in [-0.15, -0.1) is 0 Å². The summed E-state index contributed by atoms with van der Waals surface area (Å²) in [6.45, 7) is 0.462. The van der Waals surface area contributed by atoms with E-state index < -0.39 is 11.7 Å². The summed E-state index contributed by atoms with van der Waals surface area (Å²) in [6, 6.07) is 4.06. The molecule has 0 aliphatic carbocycles. The number of methoxy groups -OCH3 is 1. The Bertz CT molecular complexity index is 477. The summed E-state index contributed by atoms with van der Waals surface area (Å²) in [5.74, 6) is -1.37. The predicted octanol–water partition coefficient (Wildman–Crippen LogP) is 1.29. The number of amidine groups is 1. The lowest BCUT2D eigenvalue weighted by molar-refractivity contribution is -0.116.